The lowest BCUT2D eigenvalue weighted by atomic mass is 10.0. The molecule has 1 saturated carbocycles. The van der Waals surface area contributed by atoms with Crippen LogP contribution in [-0.2, 0) is 9.53 Å². The van der Waals surface area contributed by atoms with Crippen molar-refractivity contribution in [3.05, 3.63) is 24.0 Å². The molecule has 20 heavy (non-hydrogen) atoms. The number of methoxy groups -OCH3 is 1. The van der Waals surface area contributed by atoms with Crippen LogP contribution in [0.15, 0.2) is 18.5 Å². The molecule has 0 unspecified atom stereocenters. The molecule has 0 saturated heterocycles. The molecule has 1 amide bonds. The van der Waals surface area contributed by atoms with Gasteiger partial charge in [0.1, 0.15) is 5.56 Å². The molecule has 6 heteroatoms. The van der Waals surface area contributed by atoms with Crippen molar-refractivity contribution in [2.75, 3.05) is 19.5 Å². The highest BCUT2D eigenvalue weighted by molar-refractivity contribution is 5.95. The summed E-state index contributed by atoms with van der Waals surface area (Å²) >= 11 is 0. The Bertz CT molecular complexity index is 504. The number of anilines is 1. The molecule has 108 valence electrons. The predicted octanol–water partition coefficient (Wildman–Crippen LogP) is 1.19. The summed E-state index contributed by atoms with van der Waals surface area (Å²) in [7, 11) is 2.98. The van der Waals surface area contributed by atoms with Crippen LogP contribution in [0.3, 0.4) is 0 Å². The molecule has 0 spiro atoms. The summed E-state index contributed by atoms with van der Waals surface area (Å²) in [4.78, 5) is 27.5. The minimum atomic E-state index is -0.435. The van der Waals surface area contributed by atoms with Crippen LogP contribution in [0.4, 0.5) is 5.69 Å². The molecule has 1 aliphatic rings. The van der Waals surface area contributed by atoms with E-state index >= 15 is 0 Å². The van der Waals surface area contributed by atoms with Crippen molar-refractivity contribution < 1.29 is 14.3 Å². The van der Waals surface area contributed by atoms with Gasteiger partial charge in [0.15, 0.2) is 0 Å². The molecule has 6 nitrogen and oxygen atoms in total. The molecule has 0 radical (unpaired) electrons. The highest BCUT2D eigenvalue weighted by Gasteiger charge is 2.33. The third-order valence-corrected chi connectivity index (χ3v) is 3.67. The number of nitrogens with one attached hydrogen (secondary N) is 2. The molecule has 0 aromatic carbocycles. The van der Waals surface area contributed by atoms with E-state index in [1.54, 1.807) is 19.3 Å². The fourth-order valence-electron chi connectivity index (χ4n) is 2.62. The average molecular weight is 277 g/mol. The number of amides is 1. The van der Waals surface area contributed by atoms with Crippen LogP contribution >= 0.6 is 0 Å². The van der Waals surface area contributed by atoms with Crippen LogP contribution in [-0.4, -0.2) is 37.1 Å². The van der Waals surface area contributed by atoms with Gasteiger partial charge in [-0.3, -0.25) is 9.78 Å². The number of carbonyl (C=O) groups is 2. The third-order valence-electron chi connectivity index (χ3n) is 3.67. The van der Waals surface area contributed by atoms with Gasteiger partial charge in [-0.05, 0) is 18.9 Å². The fourth-order valence-corrected chi connectivity index (χ4v) is 2.62. The Balaban J connectivity index is 2.17. The Hall–Kier alpha value is -2.11. The first-order chi connectivity index (χ1) is 9.67. The van der Waals surface area contributed by atoms with E-state index in [-0.39, 0.29) is 17.9 Å². The molecule has 0 aliphatic heterocycles. The normalized spacial score (nSPS) is 21.3. The highest BCUT2D eigenvalue weighted by atomic mass is 16.5. The Kier molecular flexibility index (Phi) is 4.55. The number of carbonyl (C=O) groups excluding carboxylic acids is 2. The largest absolute Gasteiger partial charge is 0.465 e. The maximum atomic E-state index is 11.8. The van der Waals surface area contributed by atoms with E-state index in [1.165, 1.54) is 13.3 Å². The molecule has 2 N–H and O–H groups in total. The average Bonchev–Trinajstić information content (AvgIpc) is 2.94. The van der Waals surface area contributed by atoms with Crippen molar-refractivity contribution in [2.24, 2.45) is 5.92 Å². The Labute approximate surface area is 117 Å². The first-order valence-electron chi connectivity index (χ1n) is 6.67. The minimum Gasteiger partial charge on any atom is -0.465 e. The molecule has 1 fully saturated rings. The first-order valence-corrected chi connectivity index (χ1v) is 6.67. The number of hydrogen-bond donors (Lipinski definition) is 2. The molecular weight excluding hydrogens is 258 g/mol. The zero-order chi connectivity index (χ0) is 14.5. The zero-order valence-corrected chi connectivity index (χ0v) is 11.7. The van der Waals surface area contributed by atoms with Crippen molar-refractivity contribution in [1.29, 1.82) is 0 Å². The molecule has 0 bridgehead atoms. The number of rotatable bonds is 4. The van der Waals surface area contributed by atoms with Crippen molar-refractivity contribution in [2.45, 2.75) is 25.3 Å². The summed E-state index contributed by atoms with van der Waals surface area (Å²) in [5.41, 5.74) is 1.05. The van der Waals surface area contributed by atoms with Crippen LogP contribution in [0.1, 0.15) is 29.6 Å². The van der Waals surface area contributed by atoms with Crippen molar-refractivity contribution in [3.63, 3.8) is 0 Å². The minimum absolute atomic E-state index is 0.0285. The second-order valence-electron chi connectivity index (χ2n) is 4.82. The molecule has 1 heterocycles. The molecular formula is C14H19N3O3. The first kappa shape index (κ1) is 14.3. The summed E-state index contributed by atoms with van der Waals surface area (Å²) in [5, 5.41) is 5.98. The lowest BCUT2D eigenvalue weighted by molar-refractivity contribution is -0.124. The van der Waals surface area contributed by atoms with Gasteiger partial charge < -0.3 is 15.4 Å². The fraction of sp³-hybridized carbons (Fsp3) is 0.500. The number of nitrogens with zero attached hydrogens (tertiary/aromatic N) is 1. The van der Waals surface area contributed by atoms with E-state index in [2.05, 4.69) is 15.6 Å². The lowest BCUT2D eigenvalue weighted by Crippen LogP contribution is -2.36. The summed E-state index contributed by atoms with van der Waals surface area (Å²) in [6, 6.07) is 1.76. The van der Waals surface area contributed by atoms with Gasteiger partial charge in [-0.1, -0.05) is 6.42 Å². The van der Waals surface area contributed by atoms with E-state index < -0.39 is 5.97 Å². The van der Waals surface area contributed by atoms with E-state index in [0.29, 0.717) is 11.3 Å². The van der Waals surface area contributed by atoms with Gasteiger partial charge in [-0.15, -0.1) is 0 Å². The molecule has 1 aromatic rings. The maximum absolute atomic E-state index is 11.8. The SMILES string of the molecule is CNC(=O)[C@@H]1CCC[C@H]1Nc1ccncc1C(=O)OC. The molecule has 1 aromatic heterocycles. The zero-order valence-electron chi connectivity index (χ0n) is 11.7. The van der Waals surface area contributed by atoms with Gasteiger partial charge in [0, 0.05) is 25.5 Å². The number of aromatic nitrogens is 1. The highest BCUT2D eigenvalue weighted by Crippen LogP contribution is 2.29. The van der Waals surface area contributed by atoms with Crippen molar-refractivity contribution >= 4 is 17.6 Å². The third kappa shape index (κ3) is 2.89. The van der Waals surface area contributed by atoms with Gasteiger partial charge in [0.05, 0.1) is 18.7 Å². The van der Waals surface area contributed by atoms with Crippen molar-refractivity contribution in [3.8, 4) is 0 Å². The van der Waals surface area contributed by atoms with Crippen LogP contribution in [0.25, 0.3) is 0 Å². The van der Waals surface area contributed by atoms with E-state index in [0.717, 1.165) is 19.3 Å². The Morgan fingerprint density at radius 1 is 1.40 bits per heavy atom. The second-order valence-corrected chi connectivity index (χ2v) is 4.82. The lowest BCUT2D eigenvalue weighted by Gasteiger charge is -2.21. The van der Waals surface area contributed by atoms with Crippen LogP contribution < -0.4 is 10.6 Å². The number of ether oxygens (including phenoxy) is 1. The van der Waals surface area contributed by atoms with Crippen molar-refractivity contribution in [1.82, 2.24) is 10.3 Å². The van der Waals surface area contributed by atoms with Gasteiger partial charge in [-0.2, -0.15) is 0 Å². The Morgan fingerprint density at radius 2 is 2.20 bits per heavy atom. The quantitative estimate of drug-likeness (QED) is 0.808. The van der Waals surface area contributed by atoms with E-state index in [1.807, 2.05) is 0 Å². The monoisotopic (exact) mass is 277 g/mol. The van der Waals surface area contributed by atoms with E-state index in [4.69, 9.17) is 4.74 Å². The van der Waals surface area contributed by atoms with Crippen LogP contribution in [0.5, 0.6) is 0 Å². The summed E-state index contributed by atoms with van der Waals surface area (Å²) in [5.74, 6) is -0.470. The van der Waals surface area contributed by atoms with Gasteiger partial charge in [0.25, 0.3) is 0 Å². The van der Waals surface area contributed by atoms with Gasteiger partial charge in [0.2, 0.25) is 5.91 Å². The predicted molar refractivity (Wildman–Crippen MR) is 74.4 cm³/mol. The summed E-state index contributed by atoms with van der Waals surface area (Å²) in [6.07, 6.45) is 5.84. The van der Waals surface area contributed by atoms with Crippen LogP contribution in [0.2, 0.25) is 0 Å². The molecule has 1 aliphatic carbocycles. The standard InChI is InChI=1S/C14H19N3O3/c1-15-13(18)9-4-3-5-11(9)17-12-6-7-16-8-10(12)14(19)20-2/h6-9,11H,3-5H2,1-2H3,(H,15,18)(H,16,17)/t9-,11-/m1/s1. The van der Waals surface area contributed by atoms with Gasteiger partial charge >= 0.3 is 5.97 Å². The van der Waals surface area contributed by atoms with Crippen LogP contribution in [0, 0.1) is 5.92 Å². The smallest absolute Gasteiger partial charge is 0.341 e. The summed E-state index contributed by atoms with van der Waals surface area (Å²) in [6.45, 7) is 0. The summed E-state index contributed by atoms with van der Waals surface area (Å²) < 4.78 is 4.74. The topological polar surface area (TPSA) is 80.3 Å². The molecule has 2 atom stereocenters. The number of pyridine rings is 1. The second kappa shape index (κ2) is 6.36. The number of esters is 1. The maximum Gasteiger partial charge on any atom is 0.341 e. The molecule has 2 rings (SSSR count). The number of hydrogen-bond acceptors (Lipinski definition) is 5. The van der Waals surface area contributed by atoms with E-state index in [9.17, 15) is 9.59 Å². The Morgan fingerprint density at radius 3 is 2.90 bits per heavy atom. The van der Waals surface area contributed by atoms with Gasteiger partial charge in [-0.25, -0.2) is 4.79 Å².